The fourth-order valence-electron chi connectivity index (χ4n) is 3.49. The Morgan fingerprint density at radius 2 is 1.84 bits per heavy atom. The van der Waals surface area contributed by atoms with Crippen molar-refractivity contribution in [2.24, 2.45) is 16.6 Å². The molecule has 1 aromatic rings. The Bertz CT molecular complexity index is 569. The molecular formula is C20H32N4O. The molecule has 1 saturated carbocycles. The summed E-state index contributed by atoms with van der Waals surface area (Å²) in [7, 11) is 0. The molecule has 0 unspecified atom stereocenters. The van der Waals surface area contributed by atoms with Crippen molar-refractivity contribution in [3.63, 3.8) is 0 Å². The molecule has 138 valence electrons. The molecule has 0 spiro atoms. The fourth-order valence-corrected chi connectivity index (χ4v) is 3.49. The van der Waals surface area contributed by atoms with Gasteiger partial charge in [0.05, 0.1) is 6.54 Å². The van der Waals surface area contributed by atoms with E-state index in [2.05, 4.69) is 47.7 Å². The first kappa shape index (κ1) is 19.3. The Morgan fingerprint density at radius 3 is 2.44 bits per heavy atom. The first-order valence-corrected chi connectivity index (χ1v) is 9.58. The number of amides is 1. The van der Waals surface area contributed by atoms with Crippen LogP contribution in [0.4, 0.5) is 5.69 Å². The number of hydrogen-bond acceptors (Lipinski definition) is 2. The molecule has 25 heavy (non-hydrogen) atoms. The van der Waals surface area contributed by atoms with Gasteiger partial charge in [-0.15, -0.1) is 0 Å². The number of anilines is 1. The molecule has 1 fully saturated rings. The summed E-state index contributed by atoms with van der Waals surface area (Å²) in [6.45, 7) is 5.29. The molecular weight excluding hydrogens is 312 g/mol. The monoisotopic (exact) mass is 344 g/mol. The van der Waals surface area contributed by atoms with E-state index in [-0.39, 0.29) is 5.91 Å². The van der Waals surface area contributed by atoms with Crippen LogP contribution in [0.5, 0.6) is 0 Å². The van der Waals surface area contributed by atoms with Crippen LogP contribution in [0.15, 0.2) is 23.2 Å². The van der Waals surface area contributed by atoms with Crippen LogP contribution in [0.2, 0.25) is 0 Å². The van der Waals surface area contributed by atoms with Gasteiger partial charge in [0.2, 0.25) is 5.91 Å². The smallest absolute Gasteiger partial charge is 0.220 e. The molecule has 1 amide bonds. The molecule has 1 aromatic carbocycles. The highest BCUT2D eigenvalue weighted by Crippen LogP contribution is 2.27. The van der Waals surface area contributed by atoms with Crippen LogP contribution in [-0.2, 0) is 17.6 Å². The van der Waals surface area contributed by atoms with Gasteiger partial charge in [-0.2, -0.15) is 0 Å². The lowest BCUT2D eigenvalue weighted by atomic mass is 10.0. The number of guanidine groups is 1. The standard InChI is InChI=1S/C20H32N4O/c1-3-16-10-7-11-17(4-2)19(16)24-20(21)23-13-12-22-18(25)14-15-8-5-6-9-15/h7,10-11,15H,3-6,8-9,12-14H2,1-2H3,(H,22,25)(H3,21,23,24). The number of nitrogens with two attached hydrogens (primary N) is 1. The van der Waals surface area contributed by atoms with Gasteiger partial charge >= 0.3 is 0 Å². The number of rotatable bonds is 8. The topological polar surface area (TPSA) is 79.5 Å². The predicted octanol–water partition coefficient (Wildman–Crippen LogP) is 3.23. The second kappa shape index (κ2) is 10.1. The Balaban J connectivity index is 1.79. The first-order valence-electron chi connectivity index (χ1n) is 9.58. The van der Waals surface area contributed by atoms with Gasteiger partial charge in [-0.3, -0.25) is 9.79 Å². The quantitative estimate of drug-likeness (QED) is 0.385. The summed E-state index contributed by atoms with van der Waals surface area (Å²) in [4.78, 5) is 16.2. The third-order valence-electron chi connectivity index (χ3n) is 4.92. The molecule has 2 rings (SSSR count). The van der Waals surface area contributed by atoms with Crippen molar-refractivity contribution in [2.45, 2.75) is 58.8 Å². The molecule has 4 N–H and O–H groups in total. The van der Waals surface area contributed by atoms with E-state index >= 15 is 0 Å². The minimum atomic E-state index is 0.137. The highest BCUT2D eigenvalue weighted by atomic mass is 16.1. The van der Waals surface area contributed by atoms with E-state index < -0.39 is 0 Å². The highest BCUT2D eigenvalue weighted by Gasteiger charge is 2.17. The lowest BCUT2D eigenvalue weighted by molar-refractivity contribution is -0.121. The maximum Gasteiger partial charge on any atom is 0.220 e. The van der Waals surface area contributed by atoms with Gasteiger partial charge in [0.25, 0.3) is 0 Å². The van der Waals surface area contributed by atoms with Crippen LogP contribution in [0, 0.1) is 5.92 Å². The molecule has 0 heterocycles. The summed E-state index contributed by atoms with van der Waals surface area (Å²) in [6.07, 6.45) is 7.47. The van der Waals surface area contributed by atoms with Crippen molar-refractivity contribution in [3.8, 4) is 0 Å². The number of aryl methyl sites for hydroxylation is 2. The summed E-state index contributed by atoms with van der Waals surface area (Å²) < 4.78 is 0. The number of para-hydroxylation sites is 1. The van der Waals surface area contributed by atoms with Crippen molar-refractivity contribution in [1.29, 1.82) is 0 Å². The van der Waals surface area contributed by atoms with E-state index in [1.807, 2.05) is 0 Å². The zero-order valence-corrected chi connectivity index (χ0v) is 15.6. The average molecular weight is 345 g/mol. The third kappa shape index (κ3) is 6.07. The Kier molecular flexibility index (Phi) is 7.76. The van der Waals surface area contributed by atoms with E-state index in [1.165, 1.54) is 36.8 Å². The summed E-state index contributed by atoms with van der Waals surface area (Å²) in [5, 5.41) is 6.19. The molecule has 0 radical (unpaired) electrons. The summed E-state index contributed by atoms with van der Waals surface area (Å²) >= 11 is 0. The lowest BCUT2D eigenvalue weighted by Gasteiger charge is -2.15. The second-order valence-corrected chi connectivity index (χ2v) is 6.75. The van der Waals surface area contributed by atoms with Gasteiger partial charge in [0.1, 0.15) is 0 Å². The van der Waals surface area contributed by atoms with E-state index in [0.29, 0.717) is 31.4 Å². The summed E-state index contributed by atoms with van der Waals surface area (Å²) in [5.74, 6) is 1.12. The molecule has 0 aromatic heterocycles. The molecule has 0 saturated heterocycles. The van der Waals surface area contributed by atoms with Crippen molar-refractivity contribution < 1.29 is 4.79 Å². The van der Waals surface area contributed by atoms with Crippen LogP contribution in [-0.4, -0.2) is 25.0 Å². The second-order valence-electron chi connectivity index (χ2n) is 6.75. The van der Waals surface area contributed by atoms with Gasteiger partial charge in [0, 0.05) is 18.7 Å². The van der Waals surface area contributed by atoms with Gasteiger partial charge in [-0.05, 0) is 42.7 Å². The number of aliphatic imine (C=N–C) groups is 1. The van der Waals surface area contributed by atoms with Crippen LogP contribution in [0.1, 0.15) is 57.1 Å². The fraction of sp³-hybridized carbons (Fsp3) is 0.600. The zero-order valence-electron chi connectivity index (χ0n) is 15.6. The van der Waals surface area contributed by atoms with E-state index in [0.717, 1.165) is 18.5 Å². The lowest BCUT2D eigenvalue weighted by Crippen LogP contribution is -2.29. The number of nitrogens with one attached hydrogen (secondary N) is 2. The molecule has 0 bridgehead atoms. The van der Waals surface area contributed by atoms with Crippen LogP contribution >= 0.6 is 0 Å². The van der Waals surface area contributed by atoms with Crippen LogP contribution in [0.25, 0.3) is 0 Å². The first-order chi connectivity index (χ1) is 12.1. The minimum Gasteiger partial charge on any atom is -0.370 e. The maximum absolute atomic E-state index is 11.9. The van der Waals surface area contributed by atoms with Crippen molar-refractivity contribution in [2.75, 3.05) is 18.4 Å². The van der Waals surface area contributed by atoms with Gasteiger partial charge in [-0.25, -0.2) is 0 Å². The predicted molar refractivity (Wildman–Crippen MR) is 105 cm³/mol. The van der Waals surface area contributed by atoms with Crippen LogP contribution in [0.3, 0.4) is 0 Å². The number of carbonyl (C=O) groups excluding carboxylic acids is 1. The van der Waals surface area contributed by atoms with Gasteiger partial charge in [0.15, 0.2) is 5.96 Å². The summed E-state index contributed by atoms with van der Waals surface area (Å²) in [6, 6.07) is 6.30. The molecule has 0 atom stereocenters. The Labute approximate surface area is 151 Å². The molecule has 1 aliphatic carbocycles. The number of hydrogen-bond donors (Lipinski definition) is 3. The van der Waals surface area contributed by atoms with Gasteiger partial charge in [-0.1, -0.05) is 44.9 Å². The molecule has 1 aliphatic rings. The van der Waals surface area contributed by atoms with E-state index in [9.17, 15) is 4.79 Å². The molecule has 5 heteroatoms. The summed E-state index contributed by atoms with van der Waals surface area (Å²) in [5.41, 5.74) is 9.57. The average Bonchev–Trinajstić information content (AvgIpc) is 3.11. The largest absolute Gasteiger partial charge is 0.370 e. The van der Waals surface area contributed by atoms with E-state index in [1.54, 1.807) is 0 Å². The Morgan fingerprint density at radius 1 is 1.20 bits per heavy atom. The number of nitrogens with zero attached hydrogens (tertiary/aromatic N) is 1. The number of carbonyl (C=O) groups is 1. The van der Waals surface area contributed by atoms with Crippen molar-refractivity contribution in [3.05, 3.63) is 29.3 Å². The maximum atomic E-state index is 11.9. The van der Waals surface area contributed by atoms with Gasteiger partial charge < -0.3 is 16.4 Å². The molecule has 5 nitrogen and oxygen atoms in total. The highest BCUT2D eigenvalue weighted by molar-refractivity contribution is 5.93. The SMILES string of the molecule is CCc1cccc(CC)c1NC(N)=NCCNC(=O)CC1CCCC1. The molecule has 0 aliphatic heterocycles. The normalized spacial score (nSPS) is 15.4. The third-order valence-corrected chi connectivity index (χ3v) is 4.92. The zero-order chi connectivity index (χ0) is 18.1. The number of benzene rings is 1. The van der Waals surface area contributed by atoms with Crippen molar-refractivity contribution in [1.82, 2.24) is 5.32 Å². The van der Waals surface area contributed by atoms with E-state index in [4.69, 9.17) is 5.73 Å². The van der Waals surface area contributed by atoms with Crippen LogP contribution < -0.4 is 16.4 Å². The van der Waals surface area contributed by atoms with Crippen molar-refractivity contribution >= 4 is 17.6 Å². The minimum absolute atomic E-state index is 0.137. The Hall–Kier alpha value is -2.04.